The van der Waals surface area contributed by atoms with Gasteiger partial charge in [0.25, 0.3) is 5.91 Å². The minimum Gasteiger partial charge on any atom is -0.493 e. The third-order valence-corrected chi connectivity index (χ3v) is 6.10. The van der Waals surface area contributed by atoms with Crippen LogP contribution in [0.5, 0.6) is 11.5 Å². The number of hydrogen-bond donors (Lipinski definition) is 1. The summed E-state index contributed by atoms with van der Waals surface area (Å²) in [5.41, 5.74) is 0.484. The number of benzene rings is 1. The molecule has 7 heteroatoms. The molecule has 0 spiro atoms. The smallest absolute Gasteiger partial charge is 0.344 e. The van der Waals surface area contributed by atoms with E-state index in [-0.39, 0.29) is 30.9 Å². The third-order valence-electron chi connectivity index (χ3n) is 6.10. The van der Waals surface area contributed by atoms with Crippen LogP contribution in [-0.4, -0.2) is 44.0 Å². The van der Waals surface area contributed by atoms with Crippen LogP contribution in [0.4, 0.5) is 0 Å². The molecule has 3 rings (SSSR count). The van der Waals surface area contributed by atoms with Gasteiger partial charge in [0.15, 0.2) is 30.5 Å². The molecule has 1 N–H and O–H groups in total. The lowest BCUT2D eigenvalue weighted by Gasteiger charge is -2.28. The largest absolute Gasteiger partial charge is 0.493 e. The molecule has 1 amide bonds. The van der Waals surface area contributed by atoms with Crippen LogP contribution in [0.25, 0.3) is 0 Å². The lowest BCUT2D eigenvalue weighted by molar-refractivity contribution is -0.150. The Labute approximate surface area is 171 Å². The normalized spacial score (nSPS) is 23.3. The molecule has 2 bridgehead atoms. The van der Waals surface area contributed by atoms with Gasteiger partial charge in [-0.25, -0.2) is 4.79 Å². The van der Waals surface area contributed by atoms with Crippen LogP contribution in [0.1, 0.15) is 49.9 Å². The number of hydrogen-bond acceptors (Lipinski definition) is 6. The van der Waals surface area contributed by atoms with Crippen molar-refractivity contribution in [3.05, 3.63) is 23.8 Å². The zero-order valence-electron chi connectivity index (χ0n) is 17.2. The number of Topliss-reactive ketones (excluding diaryl/α,β-unsaturated/α-hetero) is 1. The Hall–Kier alpha value is -2.57. The maximum Gasteiger partial charge on any atom is 0.344 e. The number of rotatable bonds is 9. The topological polar surface area (TPSA) is 90.9 Å². The van der Waals surface area contributed by atoms with E-state index in [2.05, 4.69) is 5.32 Å². The first-order valence-corrected chi connectivity index (χ1v) is 10.1. The second kappa shape index (κ2) is 9.29. The fourth-order valence-corrected chi connectivity index (χ4v) is 4.64. The first-order chi connectivity index (χ1) is 13.9. The third kappa shape index (κ3) is 5.28. The molecule has 2 aliphatic carbocycles. The molecular weight excluding hydrogens is 374 g/mol. The van der Waals surface area contributed by atoms with Crippen molar-refractivity contribution >= 4 is 17.7 Å². The van der Waals surface area contributed by atoms with Gasteiger partial charge in [0.05, 0.1) is 7.11 Å². The van der Waals surface area contributed by atoms with Crippen LogP contribution in [0.2, 0.25) is 0 Å². The van der Waals surface area contributed by atoms with Crippen LogP contribution in [0, 0.1) is 17.8 Å². The maximum atomic E-state index is 12.1. The van der Waals surface area contributed by atoms with Crippen LogP contribution in [-0.2, 0) is 14.3 Å². The van der Waals surface area contributed by atoms with E-state index in [1.165, 1.54) is 39.7 Å². The minimum atomic E-state index is -0.648. The molecule has 0 saturated heterocycles. The lowest BCUT2D eigenvalue weighted by atomic mass is 9.84. The highest BCUT2D eigenvalue weighted by Gasteiger charge is 2.42. The zero-order chi connectivity index (χ0) is 21.0. The van der Waals surface area contributed by atoms with Gasteiger partial charge in [-0.05, 0) is 69.1 Å². The second-order valence-corrected chi connectivity index (χ2v) is 8.07. The number of carbonyl (C=O) groups excluding carboxylic acids is 3. The first-order valence-electron chi connectivity index (χ1n) is 10.1. The van der Waals surface area contributed by atoms with Gasteiger partial charge in [-0.15, -0.1) is 0 Å². The van der Waals surface area contributed by atoms with Gasteiger partial charge in [-0.2, -0.15) is 0 Å². The molecule has 158 valence electrons. The number of nitrogens with one attached hydrogen (secondary N) is 1. The predicted octanol–water partition coefficient (Wildman–Crippen LogP) is 2.76. The Balaban J connectivity index is 1.40. The molecule has 0 aromatic heterocycles. The summed E-state index contributed by atoms with van der Waals surface area (Å²) in [5, 5.41) is 2.96. The molecule has 29 heavy (non-hydrogen) atoms. The van der Waals surface area contributed by atoms with Crippen molar-refractivity contribution in [2.24, 2.45) is 17.8 Å². The van der Waals surface area contributed by atoms with E-state index in [1.807, 2.05) is 6.92 Å². The molecule has 0 radical (unpaired) electrons. The molecule has 1 aromatic rings. The van der Waals surface area contributed by atoms with Crippen molar-refractivity contribution in [3.8, 4) is 11.5 Å². The molecule has 2 saturated carbocycles. The average Bonchev–Trinajstić information content (AvgIpc) is 3.34. The van der Waals surface area contributed by atoms with Gasteiger partial charge in [0.1, 0.15) is 0 Å². The molecule has 2 fully saturated rings. The van der Waals surface area contributed by atoms with Crippen molar-refractivity contribution in [3.63, 3.8) is 0 Å². The molecule has 7 nitrogen and oxygen atoms in total. The molecule has 0 unspecified atom stereocenters. The highest BCUT2D eigenvalue weighted by molar-refractivity contribution is 5.94. The molecule has 0 heterocycles. The van der Waals surface area contributed by atoms with Gasteiger partial charge in [-0.3, -0.25) is 9.59 Å². The number of carbonyl (C=O) groups is 3. The lowest BCUT2D eigenvalue weighted by Crippen LogP contribution is -2.42. The van der Waals surface area contributed by atoms with Crippen molar-refractivity contribution in [2.75, 3.05) is 20.3 Å². The van der Waals surface area contributed by atoms with E-state index < -0.39 is 5.97 Å². The minimum absolute atomic E-state index is 0.0943. The number of methoxy groups -OCH3 is 1. The number of ether oxygens (including phenoxy) is 3. The van der Waals surface area contributed by atoms with E-state index in [4.69, 9.17) is 14.2 Å². The Bertz CT molecular complexity index is 777. The van der Waals surface area contributed by atoms with Crippen molar-refractivity contribution in [1.82, 2.24) is 5.32 Å². The standard InChI is InChI=1S/C22H29NO6/c1-13(18-9-15-4-5-17(18)8-15)23-21(25)11-29-22(26)12-28-19-7-6-16(14(2)24)10-20(19)27-3/h6-7,10,13,15,17-18H,4-5,8-9,11-12H2,1-3H3,(H,23,25)/t13-,15-,17-,18-/m1/s1. The van der Waals surface area contributed by atoms with E-state index in [0.29, 0.717) is 23.0 Å². The molecule has 0 aliphatic heterocycles. The van der Waals surface area contributed by atoms with Crippen LogP contribution < -0.4 is 14.8 Å². The Morgan fingerprint density at radius 2 is 1.93 bits per heavy atom. The van der Waals surface area contributed by atoms with Gasteiger partial charge in [-0.1, -0.05) is 6.42 Å². The van der Waals surface area contributed by atoms with Gasteiger partial charge in [0.2, 0.25) is 0 Å². The summed E-state index contributed by atoms with van der Waals surface area (Å²) in [5.74, 6) is 1.70. The molecule has 2 aliphatic rings. The van der Waals surface area contributed by atoms with Crippen molar-refractivity contribution in [2.45, 2.75) is 45.6 Å². The summed E-state index contributed by atoms with van der Waals surface area (Å²) in [6, 6.07) is 4.80. The fraction of sp³-hybridized carbons (Fsp3) is 0.591. The first kappa shape index (κ1) is 21.1. The quantitative estimate of drug-likeness (QED) is 0.504. The van der Waals surface area contributed by atoms with Crippen molar-refractivity contribution < 1.29 is 28.6 Å². The molecule has 1 aromatic carbocycles. The summed E-state index contributed by atoms with van der Waals surface area (Å²) >= 11 is 0. The van der Waals surface area contributed by atoms with E-state index in [1.54, 1.807) is 18.2 Å². The number of fused-ring (bicyclic) bond motifs is 2. The molecular formula is C22H29NO6. The van der Waals surface area contributed by atoms with Gasteiger partial charge < -0.3 is 19.5 Å². The van der Waals surface area contributed by atoms with Crippen LogP contribution in [0.15, 0.2) is 18.2 Å². The Morgan fingerprint density at radius 1 is 1.14 bits per heavy atom. The number of esters is 1. The van der Waals surface area contributed by atoms with E-state index in [9.17, 15) is 14.4 Å². The summed E-state index contributed by atoms with van der Waals surface area (Å²) in [6.07, 6.45) is 5.05. The molecule has 4 atom stereocenters. The number of ketones is 1. The highest BCUT2D eigenvalue weighted by Crippen LogP contribution is 2.49. The number of amides is 1. The Kier molecular flexibility index (Phi) is 6.77. The van der Waals surface area contributed by atoms with Crippen molar-refractivity contribution in [1.29, 1.82) is 0 Å². The van der Waals surface area contributed by atoms with E-state index >= 15 is 0 Å². The van der Waals surface area contributed by atoms with Crippen LogP contribution >= 0.6 is 0 Å². The van der Waals surface area contributed by atoms with Crippen LogP contribution in [0.3, 0.4) is 0 Å². The van der Waals surface area contributed by atoms with E-state index in [0.717, 1.165) is 11.8 Å². The predicted molar refractivity (Wildman–Crippen MR) is 106 cm³/mol. The summed E-state index contributed by atoms with van der Waals surface area (Å²) in [7, 11) is 1.45. The summed E-state index contributed by atoms with van der Waals surface area (Å²) in [6.45, 7) is 2.81. The zero-order valence-corrected chi connectivity index (χ0v) is 17.2. The average molecular weight is 403 g/mol. The van der Waals surface area contributed by atoms with Gasteiger partial charge >= 0.3 is 5.97 Å². The van der Waals surface area contributed by atoms with Gasteiger partial charge in [0, 0.05) is 11.6 Å². The monoisotopic (exact) mass is 403 g/mol. The second-order valence-electron chi connectivity index (χ2n) is 8.07. The SMILES string of the molecule is COc1cc(C(C)=O)ccc1OCC(=O)OCC(=O)N[C@H](C)[C@H]1C[C@@H]2CC[C@@H]1C2. The Morgan fingerprint density at radius 3 is 2.55 bits per heavy atom. The highest BCUT2D eigenvalue weighted by atomic mass is 16.6. The fourth-order valence-electron chi connectivity index (χ4n) is 4.64. The maximum absolute atomic E-state index is 12.1. The summed E-state index contributed by atoms with van der Waals surface area (Å²) in [4.78, 5) is 35.5. The summed E-state index contributed by atoms with van der Waals surface area (Å²) < 4.78 is 15.6.